The van der Waals surface area contributed by atoms with Crippen molar-refractivity contribution in [2.75, 3.05) is 11.9 Å². The van der Waals surface area contributed by atoms with Crippen molar-refractivity contribution in [1.29, 1.82) is 0 Å². The molecule has 0 aliphatic heterocycles. The second kappa shape index (κ2) is 8.60. The molecule has 0 radical (unpaired) electrons. The van der Waals surface area contributed by atoms with E-state index >= 15 is 0 Å². The number of carbonyl (C=O) groups excluding carboxylic acids is 1. The van der Waals surface area contributed by atoms with Gasteiger partial charge in [-0.1, -0.05) is 33.6 Å². The predicted octanol–water partition coefficient (Wildman–Crippen LogP) is 3.60. The van der Waals surface area contributed by atoms with Gasteiger partial charge in [0.2, 0.25) is 0 Å². The Kier molecular flexibility index (Phi) is 7.12. The van der Waals surface area contributed by atoms with E-state index in [1.165, 1.54) is 12.3 Å². The molecule has 1 atom stereocenters. The average molecular weight is 295 g/mol. The Morgan fingerprint density at radius 2 is 2.00 bits per heavy atom. The molecule has 118 valence electrons. The third-order valence-corrected chi connectivity index (χ3v) is 3.79. The zero-order valence-electron chi connectivity index (χ0n) is 13.4. The topological polar surface area (TPSA) is 54.0 Å². The number of amides is 1. The summed E-state index contributed by atoms with van der Waals surface area (Å²) in [6.07, 6.45) is 4.29. The molecule has 1 unspecified atom stereocenters. The number of hydrogen-bond acceptors (Lipinski definition) is 3. The summed E-state index contributed by atoms with van der Waals surface area (Å²) in [6.45, 7) is 8.76. The summed E-state index contributed by atoms with van der Waals surface area (Å²) in [4.78, 5) is 16.2. The van der Waals surface area contributed by atoms with E-state index in [4.69, 9.17) is 0 Å². The minimum atomic E-state index is -0.583. The molecule has 0 aromatic carbocycles. The number of carbonyl (C=O) groups is 1. The Bertz CT molecular complexity index is 461. The monoisotopic (exact) mass is 295 g/mol. The third kappa shape index (κ3) is 4.69. The van der Waals surface area contributed by atoms with Gasteiger partial charge in [0.05, 0.1) is 5.56 Å². The number of anilines is 1. The first-order valence-corrected chi connectivity index (χ1v) is 7.74. The molecule has 0 aliphatic carbocycles. The van der Waals surface area contributed by atoms with Gasteiger partial charge >= 0.3 is 0 Å². The van der Waals surface area contributed by atoms with Crippen LogP contribution in [-0.2, 0) is 0 Å². The molecule has 21 heavy (non-hydrogen) atoms. The summed E-state index contributed by atoms with van der Waals surface area (Å²) in [5.41, 5.74) is 0.0430. The van der Waals surface area contributed by atoms with E-state index in [1.807, 2.05) is 13.8 Å². The highest BCUT2D eigenvalue weighted by molar-refractivity contribution is 5.95. The standard InChI is InChI=1S/C16H26FN3O/c1-5-9-18-15-14(17)13(8-10-19-15)16(21)20-11(4)12(6-2)7-3/h8,10-12H,5-7,9H2,1-4H3,(H,18,19)(H,20,21). The van der Waals surface area contributed by atoms with E-state index in [0.717, 1.165) is 19.3 Å². The van der Waals surface area contributed by atoms with Crippen molar-refractivity contribution in [1.82, 2.24) is 10.3 Å². The predicted molar refractivity (Wildman–Crippen MR) is 84.0 cm³/mol. The zero-order chi connectivity index (χ0) is 15.8. The number of nitrogens with one attached hydrogen (secondary N) is 2. The molecule has 1 aromatic heterocycles. The molecule has 5 heteroatoms. The number of aromatic nitrogens is 1. The summed E-state index contributed by atoms with van der Waals surface area (Å²) >= 11 is 0. The second-order valence-electron chi connectivity index (χ2n) is 5.29. The molecule has 0 aliphatic rings. The Labute approximate surface area is 126 Å². The minimum Gasteiger partial charge on any atom is -0.368 e. The first-order valence-electron chi connectivity index (χ1n) is 7.74. The number of pyridine rings is 1. The van der Waals surface area contributed by atoms with Gasteiger partial charge in [0, 0.05) is 18.8 Å². The molecule has 0 spiro atoms. The summed E-state index contributed by atoms with van der Waals surface area (Å²) in [5, 5.41) is 5.78. The molecule has 2 N–H and O–H groups in total. The molecule has 4 nitrogen and oxygen atoms in total. The number of nitrogens with zero attached hydrogens (tertiary/aromatic N) is 1. The van der Waals surface area contributed by atoms with Gasteiger partial charge in [-0.3, -0.25) is 4.79 Å². The van der Waals surface area contributed by atoms with Crippen molar-refractivity contribution in [3.8, 4) is 0 Å². The van der Waals surface area contributed by atoms with Gasteiger partial charge in [-0.25, -0.2) is 9.37 Å². The molecule has 1 heterocycles. The third-order valence-electron chi connectivity index (χ3n) is 3.79. The van der Waals surface area contributed by atoms with Crippen LogP contribution in [0.15, 0.2) is 12.3 Å². The summed E-state index contributed by atoms with van der Waals surface area (Å²) in [5.74, 6) is -0.426. The van der Waals surface area contributed by atoms with E-state index in [9.17, 15) is 9.18 Å². The number of halogens is 1. The van der Waals surface area contributed by atoms with Crippen LogP contribution in [0.2, 0.25) is 0 Å². The van der Waals surface area contributed by atoms with Crippen LogP contribution in [0.1, 0.15) is 57.3 Å². The lowest BCUT2D eigenvalue weighted by Crippen LogP contribution is -2.38. The smallest absolute Gasteiger partial charge is 0.254 e. The summed E-state index contributed by atoms with van der Waals surface area (Å²) in [6, 6.07) is 1.44. The molecule has 0 saturated heterocycles. The largest absolute Gasteiger partial charge is 0.368 e. The van der Waals surface area contributed by atoms with E-state index in [2.05, 4.69) is 29.5 Å². The number of rotatable bonds is 8. The fourth-order valence-corrected chi connectivity index (χ4v) is 2.38. The highest BCUT2D eigenvalue weighted by Gasteiger charge is 2.20. The quantitative estimate of drug-likeness (QED) is 0.770. The maximum atomic E-state index is 14.3. The van der Waals surface area contributed by atoms with Gasteiger partial charge < -0.3 is 10.6 Å². The zero-order valence-corrected chi connectivity index (χ0v) is 13.4. The van der Waals surface area contributed by atoms with Crippen LogP contribution < -0.4 is 10.6 Å². The lowest BCUT2D eigenvalue weighted by atomic mass is 9.95. The van der Waals surface area contributed by atoms with Gasteiger partial charge in [0.25, 0.3) is 5.91 Å². The lowest BCUT2D eigenvalue weighted by molar-refractivity contribution is 0.0921. The van der Waals surface area contributed by atoms with Gasteiger partial charge in [0.1, 0.15) is 0 Å². The first-order chi connectivity index (χ1) is 10.0. The molecule has 0 saturated carbocycles. The van der Waals surface area contributed by atoms with Crippen molar-refractivity contribution in [2.45, 2.75) is 53.0 Å². The van der Waals surface area contributed by atoms with Crippen LogP contribution in [0, 0.1) is 11.7 Å². The first kappa shape index (κ1) is 17.4. The summed E-state index contributed by atoms with van der Waals surface area (Å²) < 4.78 is 14.3. The van der Waals surface area contributed by atoms with Gasteiger partial charge in [-0.05, 0) is 25.3 Å². The van der Waals surface area contributed by atoms with Crippen LogP contribution in [0.25, 0.3) is 0 Å². The van der Waals surface area contributed by atoms with Crippen molar-refractivity contribution in [3.05, 3.63) is 23.6 Å². The van der Waals surface area contributed by atoms with E-state index in [-0.39, 0.29) is 23.3 Å². The lowest BCUT2D eigenvalue weighted by Gasteiger charge is -2.22. The van der Waals surface area contributed by atoms with Gasteiger partial charge in [-0.2, -0.15) is 0 Å². The van der Waals surface area contributed by atoms with Gasteiger partial charge in [0.15, 0.2) is 11.6 Å². The fourth-order valence-electron chi connectivity index (χ4n) is 2.38. The van der Waals surface area contributed by atoms with Crippen LogP contribution in [-0.4, -0.2) is 23.5 Å². The van der Waals surface area contributed by atoms with Crippen molar-refractivity contribution in [2.24, 2.45) is 5.92 Å². The van der Waals surface area contributed by atoms with Gasteiger partial charge in [-0.15, -0.1) is 0 Å². The molecular weight excluding hydrogens is 269 g/mol. The molecule has 1 amide bonds. The normalized spacial score (nSPS) is 12.3. The fraction of sp³-hybridized carbons (Fsp3) is 0.625. The Morgan fingerprint density at radius 3 is 2.57 bits per heavy atom. The minimum absolute atomic E-state index is 0.0205. The van der Waals surface area contributed by atoms with Crippen LogP contribution in [0.4, 0.5) is 10.2 Å². The van der Waals surface area contributed by atoms with E-state index in [0.29, 0.717) is 12.5 Å². The molecule has 1 rings (SSSR count). The van der Waals surface area contributed by atoms with Crippen LogP contribution in [0.3, 0.4) is 0 Å². The van der Waals surface area contributed by atoms with Crippen molar-refractivity contribution < 1.29 is 9.18 Å². The second-order valence-corrected chi connectivity index (χ2v) is 5.29. The van der Waals surface area contributed by atoms with Crippen molar-refractivity contribution >= 4 is 11.7 Å². The highest BCUT2D eigenvalue weighted by atomic mass is 19.1. The summed E-state index contributed by atoms with van der Waals surface area (Å²) in [7, 11) is 0. The Balaban J connectivity index is 2.82. The number of hydrogen-bond donors (Lipinski definition) is 2. The molecule has 0 fully saturated rings. The van der Waals surface area contributed by atoms with Crippen LogP contribution >= 0.6 is 0 Å². The van der Waals surface area contributed by atoms with Crippen molar-refractivity contribution in [3.63, 3.8) is 0 Å². The van der Waals surface area contributed by atoms with E-state index < -0.39 is 5.82 Å². The SMILES string of the molecule is CCCNc1nccc(C(=O)NC(C)C(CC)CC)c1F. The maximum absolute atomic E-state index is 14.3. The van der Waals surface area contributed by atoms with E-state index in [1.54, 1.807) is 0 Å². The Hall–Kier alpha value is -1.65. The molecular formula is C16H26FN3O. The van der Waals surface area contributed by atoms with Crippen LogP contribution in [0.5, 0.6) is 0 Å². The Morgan fingerprint density at radius 1 is 1.33 bits per heavy atom. The maximum Gasteiger partial charge on any atom is 0.254 e. The highest BCUT2D eigenvalue weighted by Crippen LogP contribution is 2.17. The molecule has 1 aromatic rings. The molecule has 0 bridgehead atoms. The average Bonchev–Trinajstić information content (AvgIpc) is 2.47.